The molecule has 1 aliphatic rings. The largest absolute Gasteiger partial charge is 0.505 e. The van der Waals surface area contributed by atoms with Crippen molar-refractivity contribution >= 4 is 34.8 Å². The Hall–Kier alpha value is -1.86. The summed E-state index contributed by atoms with van der Waals surface area (Å²) in [6, 6.07) is 2.93. The number of benzene rings is 1. The number of nitrogens with zero attached hydrogens (tertiary/aromatic N) is 4. The molecule has 9 heteroatoms. The van der Waals surface area contributed by atoms with Crippen molar-refractivity contribution < 1.29 is 9.90 Å². The number of carbonyl (C=O) groups excluding carboxylic acids is 1. The van der Waals surface area contributed by atoms with Gasteiger partial charge in [0.25, 0.3) is 0 Å². The molecule has 7 nitrogen and oxygen atoms in total. The number of rotatable bonds is 3. The maximum Gasteiger partial charge on any atom is 0.229 e. The molecule has 0 aliphatic carbocycles. The van der Waals surface area contributed by atoms with Crippen molar-refractivity contribution in [1.29, 1.82) is 0 Å². The van der Waals surface area contributed by atoms with Crippen molar-refractivity contribution in [1.82, 2.24) is 20.6 Å². The summed E-state index contributed by atoms with van der Waals surface area (Å²) in [5.74, 6) is 0.291. The van der Waals surface area contributed by atoms with Gasteiger partial charge in [0.1, 0.15) is 0 Å². The quantitative estimate of drug-likeness (QED) is 0.838. The minimum Gasteiger partial charge on any atom is -0.505 e. The molecular formula is C11H9Cl2N5O2. The lowest BCUT2D eigenvalue weighted by Gasteiger charge is -2.40. The zero-order valence-corrected chi connectivity index (χ0v) is 11.6. The molecule has 1 unspecified atom stereocenters. The van der Waals surface area contributed by atoms with Crippen LogP contribution in [0.3, 0.4) is 0 Å². The van der Waals surface area contributed by atoms with Gasteiger partial charge in [0.2, 0.25) is 5.91 Å². The number of aromatic hydroxyl groups is 1. The van der Waals surface area contributed by atoms with Crippen molar-refractivity contribution in [3.63, 3.8) is 0 Å². The summed E-state index contributed by atoms with van der Waals surface area (Å²) in [6.07, 6.45) is 0.878. The van der Waals surface area contributed by atoms with Crippen LogP contribution in [0.25, 0.3) is 0 Å². The molecular weight excluding hydrogens is 305 g/mol. The van der Waals surface area contributed by atoms with E-state index >= 15 is 0 Å². The number of aromatic nitrogens is 4. The minimum absolute atomic E-state index is 0.0451. The second kappa shape index (κ2) is 4.92. The summed E-state index contributed by atoms with van der Waals surface area (Å²) in [5.41, 5.74) is 0.544. The van der Waals surface area contributed by atoms with Crippen molar-refractivity contribution in [2.75, 3.05) is 4.90 Å². The molecule has 0 saturated carbocycles. The average Bonchev–Trinajstić information content (AvgIpc) is 2.88. The van der Waals surface area contributed by atoms with Gasteiger partial charge >= 0.3 is 0 Å². The van der Waals surface area contributed by atoms with E-state index in [9.17, 15) is 9.90 Å². The van der Waals surface area contributed by atoms with Gasteiger partial charge in [-0.25, -0.2) is 0 Å². The third-order valence-electron chi connectivity index (χ3n) is 3.13. The average molecular weight is 314 g/mol. The number of nitrogens with one attached hydrogen (secondary N) is 1. The fourth-order valence-electron chi connectivity index (χ4n) is 2.17. The number of β-lactam (4-membered cyclic amide) rings is 1. The fraction of sp³-hybridized carbons (Fsp3) is 0.273. The second-order valence-electron chi connectivity index (χ2n) is 4.41. The van der Waals surface area contributed by atoms with Crippen LogP contribution in [0.1, 0.15) is 12.2 Å². The summed E-state index contributed by atoms with van der Waals surface area (Å²) in [5, 5.41) is 23.3. The molecule has 1 saturated heterocycles. The van der Waals surface area contributed by atoms with Crippen LogP contribution < -0.4 is 4.90 Å². The van der Waals surface area contributed by atoms with Crippen LogP contribution in [0.2, 0.25) is 10.0 Å². The molecule has 1 atom stereocenters. The smallest absolute Gasteiger partial charge is 0.229 e. The number of anilines is 1. The van der Waals surface area contributed by atoms with E-state index in [0.29, 0.717) is 24.4 Å². The molecule has 3 rings (SSSR count). The summed E-state index contributed by atoms with van der Waals surface area (Å²) >= 11 is 11.7. The van der Waals surface area contributed by atoms with Crippen molar-refractivity contribution in [2.45, 2.75) is 18.9 Å². The highest BCUT2D eigenvalue weighted by molar-refractivity contribution is 6.37. The number of carbonyl (C=O) groups is 1. The van der Waals surface area contributed by atoms with Gasteiger partial charge in [-0.3, -0.25) is 4.79 Å². The number of H-pyrrole nitrogens is 1. The van der Waals surface area contributed by atoms with Gasteiger partial charge in [-0.1, -0.05) is 28.4 Å². The molecule has 104 valence electrons. The number of aromatic amines is 1. The maximum atomic E-state index is 11.8. The van der Waals surface area contributed by atoms with E-state index in [1.54, 1.807) is 4.90 Å². The number of phenols is 1. The first-order valence-corrected chi connectivity index (χ1v) is 6.54. The van der Waals surface area contributed by atoms with Gasteiger partial charge in [0.15, 0.2) is 11.6 Å². The van der Waals surface area contributed by atoms with Gasteiger partial charge in [0, 0.05) is 18.5 Å². The Morgan fingerprint density at radius 3 is 2.65 bits per heavy atom. The molecule has 20 heavy (non-hydrogen) atoms. The Kier molecular flexibility index (Phi) is 3.23. The Labute approximate surface area is 123 Å². The monoisotopic (exact) mass is 313 g/mol. The highest BCUT2D eigenvalue weighted by Gasteiger charge is 2.38. The van der Waals surface area contributed by atoms with E-state index in [4.69, 9.17) is 23.2 Å². The lowest BCUT2D eigenvalue weighted by Crippen LogP contribution is -2.54. The predicted molar refractivity (Wildman–Crippen MR) is 71.9 cm³/mol. The first kappa shape index (κ1) is 13.1. The molecule has 1 fully saturated rings. The van der Waals surface area contributed by atoms with Gasteiger partial charge in [-0.15, -0.1) is 10.2 Å². The summed E-state index contributed by atoms with van der Waals surface area (Å²) in [6.45, 7) is 0. The number of phenolic OH excluding ortho intramolecular Hbond substituents is 1. The van der Waals surface area contributed by atoms with Gasteiger partial charge in [-0.2, -0.15) is 5.21 Å². The maximum absolute atomic E-state index is 11.8. The third-order valence-corrected chi connectivity index (χ3v) is 3.71. The normalized spacial score (nSPS) is 18.2. The number of hydrogen-bond acceptors (Lipinski definition) is 5. The predicted octanol–water partition coefficient (Wildman–Crippen LogP) is 1.56. The van der Waals surface area contributed by atoms with E-state index in [1.165, 1.54) is 12.1 Å². The number of amides is 1. The summed E-state index contributed by atoms with van der Waals surface area (Å²) in [7, 11) is 0. The summed E-state index contributed by atoms with van der Waals surface area (Å²) in [4.78, 5) is 13.4. The van der Waals surface area contributed by atoms with E-state index in [-0.39, 0.29) is 27.7 Å². The SMILES string of the molecule is O=C1CC(Cc2nn[nH]n2)N1c1cc(Cl)c(O)c(Cl)c1. The van der Waals surface area contributed by atoms with Gasteiger partial charge in [0.05, 0.1) is 16.1 Å². The Balaban J connectivity index is 1.86. The third kappa shape index (κ3) is 2.19. The van der Waals surface area contributed by atoms with Crippen molar-refractivity contribution in [2.24, 2.45) is 0 Å². The van der Waals surface area contributed by atoms with E-state index in [0.717, 1.165) is 0 Å². The minimum atomic E-state index is -0.195. The molecule has 0 bridgehead atoms. The highest BCUT2D eigenvalue weighted by Crippen LogP contribution is 2.39. The van der Waals surface area contributed by atoms with E-state index in [1.807, 2.05) is 0 Å². The Morgan fingerprint density at radius 2 is 2.10 bits per heavy atom. The van der Waals surface area contributed by atoms with Crippen molar-refractivity contribution in [3.05, 3.63) is 28.0 Å². The van der Waals surface area contributed by atoms with Crippen LogP contribution in [-0.4, -0.2) is 37.7 Å². The zero-order chi connectivity index (χ0) is 14.3. The van der Waals surface area contributed by atoms with Crippen LogP contribution in [-0.2, 0) is 11.2 Å². The molecule has 0 spiro atoms. The lowest BCUT2D eigenvalue weighted by molar-refractivity contribution is -0.124. The molecule has 1 aromatic heterocycles. The fourth-order valence-corrected chi connectivity index (χ4v) is 2.65. The van der Waals surface area contributed by atoms with Crippen LogP contribution in [0.5, 0.6) is 5.75 Å². The van der Waals surface area contributed by atoms with E-state index in [2.05, 4.69) is 20.6 Å². The number of halogens is 2. The van der Waals surface area contributed by atoms with E-state index < -0.39 is 0 Å². The Morgan fingerprint density at radius 1 is 1.40 bits per heavy atom. The van der Waals surface area contributed by atoms with Gasteiger partial charge < -0.3 is 10.0 Å². The topological polar surface area (TPSA) is 95.0 Å². The first-order chi connectivity index (χ1) is 9.56. The van der Waals surface area contributed by atoms with Crippen molar-refractivity contribution in [3.8, 4) is 5.75 Å². The van der Waals surface area contributed by atoms with Gasteiger partial charge in [-0.05, 0) is 12.1 Å². The summed E-state index contributed by atoms with van der Waals surface area (Å²) < 4.78 is 0. The molecule has 1 aromatic carbocycles. The number of hydrogen-bond donors (Lipinski definition) is 2. The Bertz CT molecular complexity index is 638. The molecule has 1 amide bonds. The second-order valence-corrected chi connectivity index (χ2v) is 5.23. The molecule has 2 N–H and O–H groups in total. The zero-order valence-electron chi connectivity index (χ0n) is 10.0. The van der Waals surface area contributed by atoms with Crippen LogP contribution in [0, 0.1) is 0 Å². The highest BCUT2D eigenvalue weighted by atomic mass is 35.5. The van der Waals surface area contributed by atoms with Crippen LogP contribution >= 0.6 is 23.2 Å². The van der Waals surface area contributed by atoms with Crippen LogP contribution in [0.4, 0.5) is 5.69 Å². The molecule has 1 aliphatic heterocycles. The molecule has 2 heterocycles. The standard InChI is InChI=1S/C11H9Cl2N5O2/c12-7-1-5(2-8(13)11(7)20)18-6(4-10(18)19)3-9-14-16-17-15-9/h1-2,6,20H,3-4H2,(H,14,15,16,17). The first-order valence-electron chi connectivity index (χ1n) is 5.78. The molecule has 2 aromatic rings. The number of tetrazole rings is 1. The lowest BCUT2D eigenvalue weighted by atomic mass is 9.97. The molecule has 0 radical (unpaired) electrons. The van der Waals surface area contributed by atoms with Crippen LogP contribution in [0.15, 0.2) is 12.1 Å².